The molecule has 0 fully saturated rings. The first-order chi connectivity index (χ1) is 7.54. The van der Waals surface area contributed by atoms with E-state index in [1.54, 1.807) is 12.1 Å². The molecule has 0 aliphatic heterocycles. The summed E-state index contributed by atoms with van der Waals surface area (Å²) in [4.78, 5) is 0. The Morgan fingerprint density at radius 2 is 1.81 bits per heavy atom. The molecule has 6 nitrogen and oxygen atoms in total. The third-order valence-electron chi connectivity index (χ3n) is 1.76. The van der Waals surface area contributed by atoms with Crippen LogP contribution in [0.3, 0.4) is 0 Å². The van der Waals surface area contributed by atoms with Crippen molar-refractivity contribution in [3.05, 3.63) is 23.8 Å². The zero-order chi connectivity index (χ0) is 12.1. The first-order valence-corrected chi connectivity index (χ1v) is 6.31. The molecule has 1 aromatic rings. The van der Waals surface area contributed by atoms with Gasteiger partial charge < -0.3 is 8.37 Å². The Balaban J connectivity index is 3.14. The average Bonchev–Trinajstić information content (AvgIpc) is 2.19. The third kappa shape index (κ3) is 3.56. The Kier molecular flexibility index (Phi) is 4.87. The van der Waals surface area contributed by atoms with Crippen molar-refractivity contribution in [1.29, 1.82) is 0 Å². The van der Waals surface area contributed by atoms with Crippen LogP contribution in [0.1, 0.15) is 12.5 Å². The summed E-state index contributed by atoms with van der Waals surface area (Å²) in [6, 6.07) is 4.62. The lowest BCUT2D eigenvalue weighted by Crippen LogP contribution is -2.05. The van der Waals surface area contributed by atoms with Crippen LogP contribution in [0.2, 0.25) is 0 Å². The van der Waals surface area contributed by atoms with Crippen LogP contribution >= 0.6 is 0 Å². The second-order valence-electron chi connectivity index (χ2n) is 2.70. The van der Waals surface area contributed by atoms with Crippen molar-refractivity contribution in [2.75, 3.05) is 0 Å². The molecule has 16 heavy (non-hydrogen) atoms. The Labute approximate surface area is 97.6 Å². The van der Waals surface area contributed by atoms with Crippen LogP contribution in [-0.2, 0) is 29.1 Å². The summed E-state index contributed by atoms with van der Waals surface area (Å²) in [5, 5.41) is 0. The van der Waals surface area contributed by atoms with Crippen LogP contribution in [0.4, 0.5) is 0 Å². The Hall–Kier alpha value is -0.960. The van der Waals surface area contributed by atoms with Gasteiger partial charge in [-0.2, -0.15) is 8.42 Å². The highest BCUT2D eigenvalue weighted by molar-refractivity contribution is 7.74. The van der Waals surface area contributed by atoms with Crippen LogP contribution in [0.15, 0.2) is 18.2 Å². The summed E-state index contributed by atoms with van der Waals surface area (Å²) in [6.45, 7) is 1.81. The molecule has 2 atom stereocenters. The van der Waals surface area contributed by atoms with Crippen molar-refractivity contribution in [3.8, 4) is 11.5 Å². The number of rotatable bonds is 5. The SMILES string of the molecule is CCc1cccc(OS(=O)O)c1OS(=O)O. The lowest BCUT2D eigenvalue weighted by molar-refractivity contribution is 0.423. The van der Waals surface area contributed by atoms with Gasteiger partial charge in [-0.3, -0.25) is 9.11 Å². The lowest BCUT2D eigenvalue weighted by atomic mass is 10.1. The molecule has 0 aromatic heterocycles. The molecule has 0 aliphatic rings. The summed E-state index contributed by atoms with van der Waals surface area (Å²) in [7, 11) is 0. The van der Waals surface area contributed by atoms with Gasteiger partial charge in [0.2, 0.25) is 0 Å². The van der Waals surface area contributed by atoms with Crippen LogP contribution in [0.5, 0.6) is 11.5 Å². The normalized spacial score (nSPS) is 14.2. The molecule has 0 amide bonds. The third-order valence-corrected chi connectivity index (χ3v) is 2.39. The fourth-order valence-electron chi connectivity index (χ4n) is 1.15. The highest BCUT2D eigenvalue weighted by Crippen LogP contribution is 2.32. The smallest absolute Gasteiger partial charge is 0.357 e. The molecule has 2 N–H and O–H groups in total. The number of benzene rings is 1. The molecular weight excluding hydrogens is 256 g/mol. The fraction of sp³-hybridized carbons (Fsp3) is 0.250. The maximum atomic E-state index is 10.6. The first-order valence-electron chi connectivity index (χ1n) is 4.24. The van der Waals surface area contributed by atoms with Crippen LogP contribution in [-0.4, -0.2) is 17.5 Å². The molecule has 1 aromatic carbocycles. The second kappa shape index (κ2) is 5.94. The molecule has 2 unspecified atom stereocenters. The van der Waals surface area contributed by atoms with Crippen molar-refractivity contribution in [3.63, 3.8) is 0 Å². The van der Waals surface area contributed by atoms with Gasteiger partial charge in [0.15, 0.2) is 11.5 Å². The van der Waals surface area contributed by atoms with Gasteiger partial charge in [0.05, 0.1) is 0 Å². The summed E-state index contributed by atoms with van der Waals surface area (Å²) in [6.07, 6.45) is 0.530. The van der Waals surface area contributed by atoms with E-state index >= 15 is 0 Å². The van der Waals surface area contributed by atoms with Gasteiger partial charge >= 0.3 is 22.7 Å². The zero-order valence-electron chi connectivity index (χ0n) is 8.28. The highest BCUT2D eigenvalue weighted by atomic mass is 32.2. The summed E-state index contributed by atoms with van der Waals surface area (Å²) in [5.41, 5.74) is 0.602. The molecule has 90 valence electrons. The Bertz CT molecular complexity index is 419. The van der Waals surface area contributed by atoms with E-state index in [1.165, 1.54) is 6.07 Å². The average molecular weight is 266 g/mol. The summed E-state index contributed by atoms with van der Waals surface area (Å²) >= 11 is -5.03. The molecule has 0 bridgehead atoms. The molecule has 0 radical (unpaired) electrons. The Morgan fingerprint density at radius 3 is 2.31 bits per heavy atom. The number of para-hydroxylation sites is 1. The first kappa shape index (κ1) is 13.1. The maximum Gasteiger partial charge on any atom is 0.357 e. The van der Waals surface area contributed by atoms with Crippen molar-refractivity contribution in [2.45, 2.75) is 13.3 Å². The molecule has 0 aliphatic carbocycles. The summed E-state index contributed by atoms with van der Waals surface area (Å²) < 4.78 is 47.5. The predicted octanol–water partition coefficient (Wildman–Crippen LogP) is 1.28. The maximum absolute atomic E-state index is 10.6. The van der Waals surface area contributed by atoms with Crippen LogP contribution in [0, 0.1) is 0 Å². The summed E-state index contributed by atoms with van der Waals surface area (Å²) in [5.74, 6) is -0.0594. The lowest BCUT2D eigenvalue weighted by Gasteiger charge is -2.10. The Morgan fingerprint density at radius 1 is 1.19 bits per heavy atom. The van der Waals surface area contributed by atoms with E-state index in [2.05, 4.69) is 8.37 Å². The molecular formula is C8H10O6S2. The van der Waals surface area contributed by atoms with E-state index in [0.29, 0.717) is 12.0 Å². The largest absolute Gasteiger partial charge is 0.376 e. The van der Waals surface area contributed by atoms with Gasteiger partial charge in [0.25, 0.3) is 0 Å². The van der Waals surface area contributed by atoms with Gasteiger partial charge in [0.1, 0.15) is 0 Å². The number of hydrogen-bond acceptors (Lipinski definition) is 4. The monoisotopic (exact) mass is 266 g/mol. The fourth-order valence-corrected chi connectivity index (χ4v) is 1.76. The minimum absolute atomic E-state index is 0.00627. The molecule has 8 heteroatoms. The molecule has 1 rings (SSSR count). The van der Waals surface area contributed by atoms with E-state index in [-0.39, 0.29) is 11.5 Å². The number of aryl methyl sites for hydroxylation is 1. The van der Waals surface area contributed by atoms with Gasteiger partial charge in [-0.05, 0) is 18.1 Å². The van der Waals surface area contributed by atoms with Gasteiger partial charge in [-0.15, -0.1) is 0 Å². The van der Waals surface area contributed by atoms with Gasteiger partial charge in [0, 0.05) is 0 Å². The quantitative estimate of drug-likeness (QED) is 0.780. The van der Waals surface area contributed by atoms with Crippen molar-refractivity contribution in [1.82, 2.24) is 0 Å². The van der Waals surface area contributed by atoms with Crippen molar-refractivity contribution >= 4 is 22.7 Å². The van der Waals surface area contributed by atoms with E-state index in [1.807, 2.05) is 6.92 Å². The van der Waals surface area contributed by atoms with E-state index < -0.39 is 22.7 Å². The standard InChI is InChI=1S/C8H10O6S2/c1-2-6-4-3-5-7(13-15(9)10)8(6)14-16(11)12/h3-5H,2H2,1H3,(H,9,10)(H,11,12). The second-order valence-corrected chi connectivity index (χ2v) is 3.90. The molecule has 0 heterocycles. The van der Waals surface area contributed by atoms with Crippen molar-refractivity contribution < 1.29 is 25.9 Å². The molecule has 0 saturated heterocycles. The van der Waals surface area contributed by atoms with E-state index in [9.17, 15) is 8.42 Å². The van der Waals surface area contributed by atoms with Gasteiger partial charge in [-0.1, -0.05) is 19.1 Å². The molecule has 0 spiro atoms. The van der Waals surface area contributed by atoms with Crippen LogP contribution in [0.25, 0.3) is 0 Å². The van der Waals surface area contributed by atoms with Crippen molar-refractivity contribution in [2.24, 2.45) is 0 Å². The number of hydrogen-bond donors (Lipinski definition) is 2. The van der Waals surface area contributed by atoms with Crippen LogP contribution < -0.4 is 8.37 Å². The highest BCUT2D eigenvalue weighted by Gasteiger charge is 2.14. The minimum Gasteiger partial charge on any atom is -0.376 e. The zero-order valence-corrected chi connectivity index (χ0v) is 9.92. The van der Waals surface area contributed by atoms with E-state index in [4.69, 9.17) is 9.11 Å². The predicted molar refractivity (Wildman–Crippen MR) is 58.6 cm³/mol. The van der Waals surface area contributed by atoms with Gasteiger partial charge in [-0.25, -0.2) is 0 Å². The topological polar surface area (TPSA) is 93.1 Å². The van der Waals surface area contributed by atoms with E-state index in [0.717, 1.165) is 0 Å². The minimum atomic E-state index is -2.51. The molecule has 0 saturated carbocycles.